The minimum absolute atomic E-state index is 0.255. The third kappa shape index (κ3) is 5.32. The predicted octanol–water partition coefficient (Wildman–Crippen LogP) is 2.99. The van der Waals surface area contributed by atoms with Gasteiger partial charge in [0.25, 0.3) is 0 Å². The molecule has 0 bridgehead atoms. The number of aliphatic hydroxyl groups excluding tert-OH is 1. The summed E-state index contributed by atoms with van der Waals surface area (Å²) in [5.41, 5.74) is 2.80. The number of alkyl halides is 3. The molecule has 1 unspecified atom stereocenters. The van der Waals surface area contributed by atoms with Gasteiger partial charge in [0.2, 0.25) is 5.89 Å². The standard InChI is InChI=1S/C22H25F3N6O2/c1-15-5-3-4-6-18(15)31(21(32)30-11-9-29(2)10-12-30)14-17-8-7-16(13-26-17)19-27-28-20(33-19)22(23,24)25/h3-8,13,21,32H,9-12,14H2,1-2H3. The van der Waals surface area contributed by atoms with Crippen LogP contribution in [0.5, 0.6) is 0 Å². The van der Waals surface area contributed by atoms with E-state index in [1.54, 1.807) is 12.1 Å². The highest BCUT2D eigenvalue weighted by Crippen LogP contribution is 2.30. The average Bonchev–Trinajstić information content (AvgIpc) is 3.30. The lowest BCUT2D eigenvalue weighted by atomic mass is 10.1. The van der Waals surface area contributed by atoms with Crippen LogP contribution in [-0.2, 0) is 12.7 Å². The normalized spacial score (nSPS) is 16.7. The van der Waals surface area contributed by atoms with Gasteiger partial charge in [0.15, 0.2) is 6.35 Å². The molecule has 3 aromatic rings. The zero-order chi connectivity index (χ0) is 23.6. The van der Waals surface area contributed by atoms with Crippen molar-refractivity contribution in [3.63, 3.8) is 0 Å². The molecule has 0 spiro atoms. The Morgan fingerprint density at radius 2 is 1.82 bits per heavy atom. The quantitative estimate of drug-likeness (QED) is 0.560. The van der Waals surface area contributed by atoms with Gasteiger partial charge in [-0.1, -0.05) is 18.2 Å². The maximum Gasteiger partial charge on any atom is 0.470 e. The summed E-state index contributed by atoms with van der Waals surface area (Å²) in [6.45, 7) is 5.45. The highest BCUT2D eigenvalue weighted by molar-refractivity contribution is 5.54. The number of aryl methyl sites for hydroxylation is 1. The molecule has 2 aromatic heterocycles. The number of benzene rings is 1. The molecule has 1 aromatic carbocycles. The van der Waals surface area contributed by atoms with Crippen LogP contribution in [0.2, 0.25) is 0 Å². The minimum Gasteiger partial charge on any atom is -0.413 e. The third-order valence-electron chi connectivity index (χ3n) is 5.64. The van der Waals surface area contributed by atoms with E-state index < -0.39 is 18.4 Å². The third-order valence-corrected chi connectivity index (χ3v) is 5.64. The second-order valence-electron chi connectivity index (χ2n) is 8.05. The second kappa shape index (κ2) is 9.46. The van der Waals surface area contributed by atoms with E-state index in [-0.39, 0.29) is 11.5 Å². The average molecular weight is 462 g/mol. The predicted molar refractivity (Wildman–Crippen MR) is 115 cm³/mol. The van der Waals surface area contributed by atoms with Crippen molar-refractivity contribution in [1.82, 2.24) is 25.0 Å². The largest absolute Gasteiger partial charge is 0.470 e. The van der Waals surface area contributed by atoms with Crippen molar-refractivity contribution in [3.05, 3.63) is 59.7 Å². The molecule has 1 atom stereocenters. The Labute approximate surface area is 189 Å². The molecule has 0 radical (unpaired) electrons. The van der Waals surface area contributed by atoms with Crippen LogP contribution in [0.3, 0.4) is 0 Å². The molecule has 1 saturated heterocycles. The number of hydrogen-bond donors (Lipinski definition) is 1. The van der Waals surface area contributed by atoms with Gasteiger partial charge in [-0.3, -0.25) is 9.88 Å². The lowest BCUT2D eigenvalue weighted by molar-refractivity contribution is -0.156. The molecule has 4 rings (SSSR count). The van der Waals surface area contributed by atoms with Crippen LogP contribution in [0.1, 0.15) is 17.1 Å². The lowest BCUT2D eigenvalue weighted by Gasteiger charge is -2.41. The van der Waals surface area contributed by atoms with Gasteiger partial charge in [-0.25, -0.2) is 0 Å². The number of likely N-dealkylation sites (N-methyl/N-ethyl adjacent to an activating group) is 1. The summed E-state index contributed by atoms with van der Waals surface area (Å²) in [6, 6.07) is 11.0. The Bertz CT molecular complexity index is 1060. The van der Waals surface area contributed by atoms with Gasteiger partial charge in [-0.05, 0) is 37.7 Å². The maximum absolute atomic E-state index is 12.7. The first-order valence-electron chi connectivity index (χ1n) is 10.5. The molecule has 0 aliphatic carbocycles. The number of halogens is 3. The highest BCUT2D eigenvalue weighted by atomic mass is 19.4. The van der Waals surface area contributed by atoms with E-state index in [0.717, 1.165) is 37.4 Å². The summed E-state index contributed by atoms with van der Waals surface area (Å²) in [5.74, 6) is -1.66. The number of aliphatic hydroxyl groups is 1. The SMILES string of the molecule is Cc1ccccc1N(Cc1ccc(-c2nnc(C(F)(F)F)o2)cn1)C(O)N1CCN(C)CC1. The topological polar surface area (TPSA) is 81.8 Å². The second-order valence-corrected chi connectivity index (χ2v) is 8.05. The summed E-state index contributed by atoms with van der Waals surface area (Å²) < 4.78 is 42.9. The summed E-state index contributed by atoms with van der Waals surface area (Å²) in [5, 5.41) is 17.7. The van der Waals surface area contributed by atoms with Crippen LogP contribution >= 0.6 is 0 Å². The van der Waals surface area contributed by atoms with Gasteiger partial charge in [-0.2, -0.15) is 13.2 Å². The van der Waals surface area contributed by atoms with Crippen molar-refractivity contribution in [2.24, 2.45) is 0 Å². The molecule has 11 heteroatoms. The zero-order valence-corrected chi connectivity index (χ0v) is 18.3. The van der Waals surface area contributed by atoms with Gasteiger partial charge >= 0.3 is 12.1 Å². The van der Waals surface area contributed by atoms with Gasteiger partial charge in [0.05, 0.1) is 17.8 Å². The zero-order valence-electron chi connectivity index (χ0n) is 18.3. The Hall–Kier alpha value is -3.02. The van der Waals surface area contributed by atoms with Crippen LogP contribution in [0.15, 0.2) is 47.0 Å². The number of rotatable bonds is 6. The van der Waals surface area contributed by atoms with Crippen molar-refractivity contribution < 1.29 is 22.7 Å². The Balaban J connectivity index is 1.56. The Morgan fingerprint density at radius 3 is 2.42 bits per heavy atom. The highest BCUT2D eigenvalue weighted by Gasteiger charge is 2.38. The summed E-state index contributed by atoms with van der Waals surface area (Å²) in [6.07, 6.45) is -4.17. The van der Waals surface area contributed by atoms with Crippen molar-refractivity contribution in [2.75, 3.05) is 38.1 Å². The fourth-order valence-electron chi connectivity index (χ4n) is 3.70. The number of hydrogen-bond acceptors (Lipinski definition) is 8. The van der Waals surface area contributed by atoms with E-state index in [1.807, 2.05) is 41.0 Å². The van der Waals surface area contributed by atoms with Crippen molar-refractivity contribution in [2.45, 2.75) is 26.0 Å². The molecular weight excluding hydrogens is 437 g/mol. The van der Waals surface area contributed by atoms with E-state index in [1.165, 1.54) is 6.20 Å². The maximum atomic E-state index is 12.7. The van der Waals surface area contributed by atoms with Gasteiger partial charge in [-0.15, -0.1) is 10.2 Å². The van der Waals surface area contributed by atoms with Crippen LogP contribution in [0, 0.1) is 6.92 Å². The first-order valence-corrected chi connectivity index (χ1v) is 10.5. The van der Waals surface area contributed by atoms with Gasteiger partial charge < -0.3 is 19.3 Å². The molecular formula is C22H25F3N6O2. The van der Waals surface area contributed by atoms with Crippen LogP contribution < -0.4 is 4.90 Å². The molecule has 1 fully saturated rings. The van der Waals surface area contributed by atoms with Gasteiger partial charge in [0.1, 0.15) is 0 Å². The molecule has 8 nitrogen and oxygen atoms in total. The Kier molecular flexibility index (Phi) is 6.63. The lowest BCUT2D eigenvalue weighted by Crippen LogP contribution is -2.55. The van der Waals surface area contributed by atoms with Crippen LogP contribution in [-0.4, -0.2) is 69.7 Å². The molecule has 1 N–H and O–H groups in total. The van der Waals surface area contributed by atoms with Gasteiger partial charge in [0, 0.05) is 38.1 Å². The minimum atomic E-state index is -4.70. The number of nitrogens with zero attached hydrogens (tertiary/aromatic N) is 6. The number of pyridine rings is 1. The van der Waals surface area contributed by atoms with Crippen LogP contribution in [0.25, 0.3) is 11.5 Å². The number of piperazine rings is 1. The summed E-state index contributed by atoms with van der Waals surface area (Å²) in [4.78, 5) is 10.5. The molecule has 0 amide bonds. The number of anilines is 1. The fraction of sp³-hybridized carbons (Fsp3) is 0.409. The smallest absolute Gasteiger partial charge is 0.413 e. The molecule has 176 valence electrons. The van der Waals surface area contributed by atoms with E-state index in [0.29, 0.717) is 12.2 Å². The van der Waals surface area contributed by atoms with Crippen LogP contribution in [0.4, 0.5) is 18.9 Å². The fourth-order valence-corrected chi connectivity index (χ4v) is 3.70. The van der Waals surface area contributed by atoms with E-state index in [4.69, 9.17) is 4.42 Å². The van der Waals surface area contributed by atoms with Crippen molar-refractivity contribution >= 4 is 5.69 Å². The number of aromatic nitrogens is 3. The molecule has 0 saturated carbocycles. The molecule has 33 heavy (non-hydrogen) atoms. The molecule has 1 aliphatic heterocycles. The molecule has 3 heterocycles. The summed E-state index contributed by atoms with van der Waals surface area (Å²) in [7, 11) is 2.05. The van der Waals surface area contributed by atoms with E-state index in [2.05, 4.69) is 27.1 Å². The van der Waals surface area contributed by atoms with Crippen molar-refractivity contribution in [1.29, 1.82) is 0 Å². The molecule has 1 aliphatic rings. The Morgan fingerprint density at radius 1 is 1.09 bits per heavy atom. The number of para-hydroxylation sites is 1. The summed E-state index contributed by atoms with van der Waals surface area (Å²) >= 11 is 0. The van der Waals surface area contributed by atoms with Crippen molar-refractivity contribution in [3.8, 4) is 11.5 Å². The monoisotopic (exact) mass is 462 g/mol. The van der Waals surface area contributed by atoms with E-state index in [9.17, 15) is 18.3 Å². The first-order chi connectivity index (χ1) is 15.7. The van der Waals surface area contributed by atoms with E-state index >= 15 is 0 Å². The first kappa shape index (κ1) is 23.1.